The van der Waals surface area contributed by atoms with E-state index < -0.39 is 5.72 Å². The molecule has 4 nitrogen and oxygen atoms in total. The van der Waals surface area contributed by atoms with Crippen LogP contribution in [0.5, 0.6) is 11.5 Å². The lowest BCUT2D eigenvalue weighted by molar-refractivity contribution is 0.0768. The fraction of sp³-hybridized carbons (Fsp3) is 0.233. The summed E-state index contributed by atoms with van der Waals surface area (Å²) in [4.78, 5) is 7.41. The third-order valence-electron chi connectivity index (χ3n) is 7.20. The highest BCUT2D eigenvalue weighted by Gasteiger charge is 2.59. The van der Waals surface area contributed by atoms with Gasteiger partial charge in [-0.15, -0.1) is 0 Å². The summed E-state index contributed by atoms with van der Waals surface area (Å²) in [6.07, 6.45) is 2.89. The molecule has 0 saturated carbocycles. The molecule has 0 aromatic heterocycles. The van der Waals surface area contributed by atoms with Crippen LogP contribution in [-0.2, 0) is 5.41 Å². The first-order valence-corrected chi connectivity index (χ1v) is 11.9. The van der Waals surface area contributed by atoms with Crippen molar-refractivity contribution in [3.8, 4) is 11.5 Å². The molecular weight excluding hydrogens is 420 g/mol. The van der Waals surface area contributed by atoms with Gasteiger partial charge in [-0.25, -0.2) is 0 Å². The Morgan fingerprint density at radius 3 is 2.50 bits per heavy atom. The molecule has 2 aliphatic rings. The molecule has 170 valence electrons. The molecular formula is C30H28N2O2. The second kappa shape index (κ2) is 7.91. The van der Waals surface area contributed by atoms with Crippen molar-refractivity contribution >= 4 is 28.4 Å². The van der Waals surface area contributed by atoms with Crippen molar-refractivity contribution in [3.05, 3.63) is 96.6 Å². The Hall–Kier alpha value is -3.79. The van der Waals surface area contributed by atoms with Crippen molar-refractivity contribution in [1.82, 2.24) is 0 Å². The fourth-order valence-electron chi connectivity index (χ4n) is 5.37. The molecule has 0 fully saturated rings. The van der Waals surface area contributed by atoms with Crippen LogP contribution in [0, 0.1) is 0 Å². The third-order valence-corrected chi connectivity index (χ3v) is 7.20. The molecule has 4 aromatic rings. The number of aliphatic imine (C=N–C) groups is 1. The number of rotatable bonds is 5. The van der Waals surface area contributed by atoms with E-state index in [4.69, 9.17) is 14.5 Å². The lowest BCUT2D eigenvalue weighted by Crippen LogP contribution is -2.62. The molecule has 0 radical (unpaired) electrons. The van der Waals surface area contributed by atoms with Crippen LogP contribution in [-0.4, -0.2) is 25.1 Å². The lowest BCUT2D eigenvalue weighted by Gasteiger charge is -2.46. The molecule has 4 aromatic carbocycles. The van der Waals surface area contributed by atoms with Gasteiger partial charge in [0.2, 0.25) is 5.72 Å². The average molecular weight is 449 g/mol. The molecule has 34 heavy (non-hydrogen) atoms. The van der Waals surface area contributed by atoms with Gasteiger partial charge < -0.3 is 14.4 Å². The van der Waals surface area contributed by atoms with Crippen LogP contribution in [0.1, 0.15) is 25.8 Å². The standard InChI is InChI=1S/C30H28N2O2/c1-29(2)25-15-8-9-16-26(25)32(19-10-20-33-23-12-4-3-5-13-23)30(29)21-31-28-24-14-7-6-11-22(24)17-18-27(28)34-30/h3-9,11-18,21H,10,19-20H2,1-2H3. The molecule has 0 N–H and O–H groups in total. The van der Waals surface area contributed by atoms with Gasteiger partial charge in [0.05, 0.1) is 18.2 Å². The first-order chi connectivity index (χ1) is 16.6. The minimum absolute atomic E-state index is 0.295. The number of fused-ring (bicyclic) bond motifs is 4. The van der Waals surface area contributed by atoms with Gasteiger partial charge in [0.1, 0.15) is 17.2 Å². The topological polar surface area (TPSA) is 34.1 Å². The van der Waals surface area contributed by atoms with Crippen molar-refractivity contribution < 1.29 is 9.47 Å². The van der Waals surface area contributed by atoms with Crippen LogP contribution in [0.15, 0.2) is 96.0 Å². The van der Waals surface area contributed by atoms with E-state index in [1.54, 1.807) is 0 Å². The molecule has 0 aliphatic carbocycles. The summed E-state index contributed by atoms with van der Waals surface area (Å²) in [5.74, 6) is 1.73. The summed E-state index contributed by atoms with van der Waals surface area (Å²) in [5, 5.41) is 2.28. The monoisotopic (exact) mass is 448 g/mol. The van der Waals surface area contributed by atoms with E-state index >= 15 is 0 Å². The number of hydrogen-bond acceptors (Lipinski definition) is 4. The molecule has 0 amide bonds. The van der Waals surface area contributed by atoms with Crippen molar-refractivity contribution in [1.29, 1.82) is 0 Å². The Morgan fingerprint density at radius 1 is 0.853 bits per heavy atom. The molecule has 4 heteroatoms. The van der Waals surface area contributed by atoms with Crippen LogP contribution < -0.4 is 14.4 Å². The number of ether oxygens (including phenoxy) is 2. The van der Waals surface area contributed by atoms with E-state index in [0.717, 1.165) is 35.5 Å². The van der Waals surface area contributed by atoms with Crippen LogP contribution in [0.2, 0.25) is 0 Å². The molecule has 2 heterocycles. The number of anilines is 1. The van der Waals surface area contributed by atoms with Crippen LogP contribution >= 0.6 is 0 Å². The maximum absolute atomic E-state index is 6.95. The van der Waals surface area contributed by atoms with E-state index in [9.17, 15) is 0 Å². The zero-order valence-corrected chi connectivity index (χ0v) is 19.6. The maximum Gasteiger partial charge on any atom is 0.228 e. The van der Waals surface area contributed by atoms with E-state index in [2.05, 4.69) is 79.4 Å². The summed E-state index contributed by atoms with van der Waals surface area (Å²) >= 11 is 0. The Labute approximate surface area is 200 Å². The molecule has 1 atom stereocenters. The largest absolute Gasteiger partial charge is 0.494 e. The quantitative estimate of drug-likeness (QED) is 0.312. The van der Waals surface area contributed by atoms with Crippen LogP contribution in [0.4, 0.5) is 11.4 Å². The minimum Gasteiger partial charge on any atom is -0.494 e. The highest BCUT2D eigenvalue weighted by Crippen LogP contribution is 2.54. The molecule has 1 unspecified atom stereocenters. The van der Waals surface area contributed by atoms with Crippen molar-refractivity contribution in [2.45, 2.75) is 31.4 Å². The first-order valence-electron chi connectivity index (χ1n) is 11.9. The Bertz CT molecular complexity index is 1380. The van der Waals surface area contributed by atoms with E-state index in [0.29, 0.717) is 6.61 Å². The molecule has 1 spiro atoms. The number of para-hydroxylation sites is 2. The van der Waals surface area contributed by atoms with Gasteiger partial charge in [-0.05, 0) is 55.5 Å². The second-order valence-electron chi connectivity index (χ2n) is 9.50. The van der Waals surface area contributed by atoms with Gasteiger partial charge in [0, 0.05) is 17.6 Å². The zero-order chi connectivity index (χ0) is 23.2. The zero-order valence-electron chi connectivity index (χ0n) is 19.6. The normalized spacial score (nSPS) is 19.6. The minimum atomic E-state index is -0.709. The summed E-state index contributed by atoms with van der Waals surface area (Å²) in [7, 11) is 0. The van der Waals surface area contributed by atoms with E-state index in [1.807, 2.05) is 36.5 Å². The van der Waals surface area contributed by atoms with Gasteiger partial charge >= 0.3 is 0 Å². The van der Waals surface area contributed by atoms with Gasteiger partial charge in [-0.3, -0.25) is 4.99 Å². The summed E-state index contributed by atoms with van der Waals surface area (Å²) < 4.78 is 12.9. The second-order valence-corrected chi connectivity index (χ2v) is 9.50. The third kappa shape index (κ3) is 3.09. The van der Waals surface area contributed by atoms with Gasteiger partial charge in [-0.1, -0.05) is 66.7 Å². The number of hydrogen-bond donors (Lipinski definition) is 0. The first kappa shape index (κ1) is 20.8. The Morgan fingerprint density at radius 2 is 1.62 bits per heavy atom. The number of benzene rings is 4. The van der Waals surface area contributed by atoms with Crippen molar-refractivity contribution in [2.24, 2.45) is 4.99 Å². The van der Waals surface area contributed by atoms with Crippen molar-refractivity contribution in [3.63, 3.8) is 0 Å². The average Bonchev–Trinajstić information content (AvgIpc) is 3.05. The molecule has 6 rings (SSSR count). The SMILES string of the molecule is CC1(C)c2ccccc2N(CCCOc2ccccc2)C12C=Nc1c(ccc3ccccc13)O2. The van der Waals surface area contributed by atoms with Crippen LogP contribution in [0.25, 0.3) is 10.8 Å². The smallest absolute Gasteiger partial charge is 0.228 e. The predicted molar refractivity (Wildman–Crippen MR) is 139 cm³/mol. The fourth-order valence-corrected chi connectivity index (χ4v) is 5.37. The summed E-state index contributed by atoms with van der Waals surface area (Å²) in [6, 6.07) is 31.1. The predicted octanol–water partition coefficient (Wildman–Crippen LogP) is 6.90. The molecule has 0 bridgehead atoms. The van der Waals surface area contributed by atoms with Gasteiger partial charge in [0.25, 0.3) is 0 Å². The van der Waals surface area contributed by atoms with Gasteiger partial charge in [-0.2, -0.15) is 0 Å². The Balaban J connectivity index is 1.35. The summed E-state index contributed by atoms with van der Waals surface area (Å²) in [5.41, 5.74) is 2.37. The lowest BCUT2D eigenvalue weighted by atomic mass is 9.77. The highest BCUT2D eigenvalue weighted by molar-refractivity contribution is 5.99. The molecule has 2 aliphatic heterocycles. The van der Waals surface area contributed by atoms with Crippen molar-refractivity contribution in [2.75, 3.05) is 18.1 Å². The van der Waals surface area contributed by atoms with Gasteiger partial charge in [0.15, 0.2) is 0 Å². The van der Waals surface area contributed by atoms with E-state index in [1.165, 1.54) is 16.6 Å². The Kier molecular flexibility index (Phi) is 4.84. The van der Waals surface area contributed by atoms with E-state index in [-0.39, 0.29) is 5.41 Å². The van der Waals surface area contributed by atoms with Crippen LogP contribution in [0.3, 0.4) is 0 Å². The number of nitrogens with zero attached hydrogens (tertiary/aromatic N) is 2. The summed E-state index contributed by atoms with van der Waals surface area (Å²) in [6.45, 7) is 5.94. The maximum atomic E-state index is 6.95. The molecule has 0 saturated heterocycles. The highest BCUT2D eigenvalue weighted by atomic mass is 16.5.